The van der Waals surface area contributed by atoms with Gasteiger partial charge in [-0.3, -0.25) is 0 Å². The third-order valence-electron chi connectivity index (χ3n) is 3.44. The van der Waals surface area contributed by atoms with Gasteiger partial charge < -0.3 is 4.57 Å². The Balaban J connectivity index is 0.00000161. The molecule has 4 heteroatoms. The van der Waals surface area contributed by atoms with Gasteiger partial charge in [0.05, 0.1) is 5.82 Å². The maximum atomic E-state index is 4.33. The van der Waals surface area contributed by atoms with Crippen LogP contribution in [0.4, 0.5) is 0 Å². The van der Waals surface area contributed by atoms with Crippen LogP contribution in [0.1, 0.15) is 17.0 Å². The van der Waals surface area contributed by atoms with Gasteiger partial charge in [0.2, 0.25) is 0 Å². The van der Waals surface area contributed by atoms with Gasteiger partial charge >= 0.3 is 0 Å². The number of benzene rings is 2. The molecule has 0 aliphatic rings. The quantitative estimate of drug-likeness (QED) is 0.554. The summed E-state index contributed by atoms with van der Waals surface area (Å²) in [5.74, 6) is 1.72. The molecule has 0 atom stereocenters. The van der Waals surface area contributed by atoms with Crippen molar-refractivity contribution in [3.8, 4) is 17.1 Å². The number of hydrogen-bond donors (Lipinski definition) is 0. The van der Waals surface area contributed by atoms with E-state index in [0.29, 0.717) is 0 Å². The second kappa shape index (κ2) is 6.33. The van der Waals surface area contributed by atoms with Gasteiger partial charge in [-0.25, -0.2) is 0 Å². The van der Waals surface area contributed by atoms with Crippen LogP contribution in [-0.2, 0) is 20.1 Å². The average molecular weight is 455 g/mol. The van der Waals surface area contributed by atoms with Crippen molar-refractivity contribution in [2.24, 2.45) is 0 Å². The fraction of sp³-hybridized carbons (Fsp3) is 0.176. The standard InChI is InChI=1S/C17H16N3.Ir/c1-12-8-7-9-13(2)16(12)20-14(3)18-19-17(20)15-10-5-4-6-11-15;/h4-10H,1-3H3;/q-1;. The number of rotatable bonds is 2. The Labute approximate surface area is 138 Å². The van der Waals surface area contributed by atoms with E-state index in [2.05, 4.69) is 52.9 Å². The first kappa shape index (κ1) is 15.6. The van der Waals surface area contributed by atoms with E-state index in [-0.39, 0.29) is 20.1 Å². The summed E-state index contributed by atoms with van der Waals surface area (Å²) in [6, 6.07) is 17.4. The number of nitrogens with zero attached hydrogens (tertiary/aromatic N) is 3. The van der Waals surface area contributed by atoms with E-state index in [4.69, 9.17) is 0 Å². The maximum Gasteiger partial charge on any atom is 0.125 e. The summed E-state index contributed by atoms with van der Waals surface area (Å²) in [5, 5.41) is 8.57. The van der Waals surface area contributed by atoms with Gasteiger partial charge in [0.1, 0.15) is 5.82 Å². The van der Waals surface area contributed by atoms with Gasteiger partial charge in [-0.2, -0.15) is 5.10 Å². The molecule has 0 saturated heterocycles. The summed E-state index contributed by atoms with van der Waals surface area (Å²) in [4.78, 5) is 0. The van der Waals surface area contributed by atoms with Crippen molar-refractivity contribution in [3.05, 3.63) is 65.5 Å². The topological polar surface area (TPSA) is 30.7 Å². The van der Waals surface area contributed by atoms with Gasteiger partial charge in [0, 0.05) is 25.8 Å². The van der Waals surface area contributed by atoms with E-state index >= 15 is 0 Å². The number of aryl methyl sites for hydroxylation is 3. The van der Waals surface area contributed by atoms with Crippen LogP contribution in [0.15, 0.2) is 42.5 Å². The fourth-order valence-electron chi connectivity index (χ4n) is 2.50. The van der Waals surface area contributed by atoms with Crippen molar-refractivity contribution in [2.75, 3.05) is 0 Å². The Bertz CT molecular complexity index is 728. The normalized spacial score (nSPS) is 10.2. The molecule has 0 fully saturated rings. The summed E-state index contributed by atoms with van der Waals surface area (Å²) in [6.07, 6.45) is 0. The molecule has 0 aliphatic heterocycles. The summed E-state index contributed by atoms with van der Waals surface area (Å²) in [6.45, 7) is 6.20. The van der Waals surface area contributed by atoms with E-state index in [1.54, 1.807) is 0 Å². The van der Waals surface area contributed by atoms with Gasteiger partial charge in [0.25, 0.3) is 0 Å². The van der Waals surface area contributed by atoms with Crippen molar-refractivity contribution in [1.29, 1.82) is 0 Å². The molecule has 109 valence electrons. The van der Waals surface area contributed by atoms with Crippen LogP contribution in [-0.4, -0.2) is 14.8 Å². The minimum atomic E-state index is 0. The summed E-state index contributed by atoms with van der Waals surface area (Å²) in [7, 11) is 0. The molecule has 0 bridgehead atoms. The Hall–Kier alpha value is -1.77. The monoisotopic (exact) mass is 455 g/mol. The predicted octanol–water partition coefficient (Wildman–Crippen LogP) is 3.66. The first-order valence-corrected chi connectivity index (χ1v) is 6.64. The molecule has 1 heterocycles. The molecule has 1 radical (unpaired) electrons. The molecule has 3 nitrogen and oxygen atoms in total. The smallest absolute Gasteiger partial charge is 0.125 e. The fourth-order valence-corrected chi connectivity index (χ4v) is 2.50. The molecule has 2 aromatic carbocycles. The molecular weight excluding hydrogens is 438 g/mol. The molecule has 0 aliphatic carbocycles. The number of para-hydroxylation sites is 1. The second-order valence-corrected chi connectivity index (χ2v) is 4.92. The first-order valence-electron chi connectivity index (χ1n) is 6.64. The van der Waals surface area contributed by atoms with E-state index in [9.17, 15) is 0 Å². The molecule has 0 amide bonds. The Morgan fingerprint density at radius 3 is 2.24 bits per heavy atom. The van der Waals surface area contributed by atoms with Crippen molar-refractivity contribution in [1.82, 2.24) is 14.8 Å². The molecule has 0 saturated carbocycles. The molecular formula is C17H16IrN3-. The summed E-state index contributed by atoms with van der Waals surface area (Å²) >= 11 is 0. The molecule has 0 unspecified atom stereocenters. The van der Waals surface area contributed by atoms with Gasteiger partial charge in [-0.15, -0.1) is 41.0 Å². The Morgan fingerprint density at radius 1 is 0.905 bits per heavy atom. The average Bonchev–Trinajstić information content (AvgIpc) is 2.82. The van der Waals surface area contributed by atoms with Crippen molar-refractivity contribution >= 4 is 0 Å². The van der Waals surface area contributed by atoms with Crippen LogP contribution in [0, 0.1) is 26.8 Å². The van der Waals surface area contributed by atoms with Crippen LogP contribution in [0.3, 0.4) is 0 Å². The minimum absolute atomic E-state index is 0. The minimum Gasteiger partial charge on any atom is -0.320 e. The predicted molar refractivity (Wildman–Crippen MR) is 79.8 cm³/mol. The van der Waals surface area contributed by atoms with Crippen LogP contribution >= 0.6 is 0 Å². The van der Waals surface area contributed by atoms with Gasteiger partial charge in [-0.1, -0.05) is 18.2 Å². The Kier molecular flexibility index (Phi) is 4.71. The summed E-state index contributed by atoms with van der Waals surface area (Å²) < 4.78 is 2.11. The van der Waals surface area contributed by atoms with Crippen molar-refractivity contribution < 1.29 is 20.1 Å². The molecule has 0 N–H and O–H groups in total. The Morgan fingerprint density at radius 2 is 1.62 bits per heavy atom. The van der Waals surface area contributed by atoms with E-state index < -0.39 is 0 Å². The van der Waals surface area contributed by atoms with E-state index in [0.717, 1.165) is 22.9 Å². The third-order valence-corrected chi connectivity index (χ3v) is 3.44. The molecule has 1 aromatic heterocycles. The maximum absolute atomic E-state index is 4.33. The van der Waals surface area contributed by atoms with E-state index in [1.165, 1.54) is 11.1 Å². The van der Waals surface area contributed by atoms with Gasteiger partial charge in [0.15, 0.2) is 0 Å². The van der Waals surface area contributed by atoms with Gasteiger partial charge in [-0.05, 0) is 31.9 Å². The zero-order chi connectivity index (χ0) is 14.1. The molecule has 3 aromatic rings. The van der Waals surface area contributed by atoms with Crippen LogP contribution < -0.4 is 0 Å². The number of aromatic nitrogens is 3. The van der Waals surface area contributed by atoms with Crippen LogP contribution in [0.5, 0.6) is 0 Å². The second-order valence-electron chi connectivity index (χ2n) is 4.92. The first-order chi connectivity index (χ1) is 9.68. The van der Waals surface area contributed by atoms with Crippen molar-refractivity contribution in [2.45, 2.75) is 20.8 Å². The summed E-state index contributed by atoms with van der Waals surface area (Å²) in [5.41, 5.74) is 4.54. The molecule has 3 rings (SSSR count). The largest absolute Gasteiger partial charge is 0.320 e. The van der Waals surface area contributed by atoms with Crippen LogP contribution in [0.25, 0.3) is 17.1 Å². The van der Waals surface area contributed by atoms with E-state index in [1.807, 2.05) is 31.2 Å². The molecule has 0 spiro atoms. The number of hydrogen-bond acceptors (Lipinski definition) is 2. The molecule has 21 heavy (non-hydrogen) atoms. The zero-order valence-corrected chi connectivity index (χ0v) is 14.6. The SMILES string of the molecule is Cc1cccc(C)c1-n1c(C)nnc1-c1[c-]cccc1.[Ir]. The third kappa shape index (κ3) is 2.82. The van der Waals surface area contributed by atoms with Crippen molar-refractivity contribution in [3.63, 3.8) is 0 Å². The zero-order valence-electron chi connectivity index (χ0n) is 12.2. The van der Waals surface area contributed by atoms with Crippen LogP contribution in [0.2, 0.25) is 0 Å².